The van der Waals surface area contributed by atoms with E-state index in [1.54, 1.807) is 0 Å². The smallest absolute Gasteiger partial charge is 0.224 e. The molecule has 1 heterocycles. The summed E-state index contributed by atoms with van der Waals surface area (Å²) >= 11 is 0. The van der Waals surface area contributed by atoms with Crippen molar-refractivity contribution in [3.63, 3.8) is 0 Å². The summed E-state index contributed by atoms with van der Waals surface area (Å²) < 4.78 is 0. The molecule has 2 N–H and O–H groups in total. The molecule has 0 bridgehead atoms. The molecule has 0 spiro atoms. The second-order valence-corrected chi connectivity index (χ2v) is 6.71. The van der Waals surface area contributed by atoms with Gasteiger partial charge in [0.25, 0.3) is 0 Å². The minimum absolute atomic E-state index is 0.00471. The highest BCUT2D eigenvalue weighted by Gasteiger charge is 2.14. The number of nitrogens with one attached hydrogen (secondary N) is 2. The molecular formula is C23H21N3O. The molecule has 4 aromatic rings. The highest BCUT2D eigenvalue weighted by Crippen LogP contribution is 2.28. The quantitative estimate of drug-likeness (QED) is 0.506. The van der Waals surface area contributed by atoms with E-state index < -0.39 is 0 Å². The number of hydrogen-bond acceptors (Lipinski definition) is 2. The Morgan fingerprint density at radius 1 is 0.963 bits per heavy atom. The molecule has 4 heteroatoms. The number of anilines is 1. The highest BCUT2D eigenvalue weighted by molar-refractivity contribution is 5.95. The first-order valence-electron chi connectivity index (χ1n) is 9.09. The zero-order chi connectivity index (χ0) is 18.6. The van der Waals surface area contributed by atoms with Crippen molar-refractivity contribution >= 4 is 22.6 Å². The Labute approximate surface area is 158 Å². The fourth-order valence-electron chi connectivity index (χ4n) is 3.26. The number of para-hydroxylation sites is 3. The summed E-state index contributed by atoms with van der Waals surface area (Å²) in [6.07, 6.45) is 0.429. The van der Waals surface area contributed by atoms with E-state index in [1.807, 2.05) is 66.7 Å². The molecule has 0 saturated carbocycles. The van der Waals surface area contributed by atoms with E-state index >= 15 is 0 Å². The summed E-state index contributed by atoms with van der Waals surface area (Å²) in [7, 11) is 0. The molecule has 0 fully saturated rings. The van der Waals surface area contributed by atoms with Gasteiger partial charge in [-0.15, -0.1) is 0 Å². The zero-order valence-corrected chi connectivity index (χ0v) is 15.1. The molecule has 1 atom stereocenters. The summed E-state index contributed by atoms with van der Waals surface area (Å²) in [5.74, 6) is 0.905. The van der Waals surface area contributed by atoms with Gasteiger partial charge >= 0.3 is 0 Å². The third-order valence-electron chi connectivity index (χ3n) is 4.71. The maximum Gasteiger partial charge on any atom is 0.224 e. The lowest BCUT2D eigenvalue weighted by atomic mass is 9.97. The largest absolute Gasteiger partial charge is 0.338 e. The second-order valence-electron chi connectivity index (χ2n) is 6.71. The zero-order valence-electron chi connectivity index (χ0n) is 15.1. The number of carbonyl (C=O) groups excluding carboxylic acids is 1. The number of amides is 1. The molecule has 0 aliphatic rings. The van der Waals surface area contributed by atoms with Crippen molar-refractivity contribution in [2.24, 2.45) is 0 Å². The van der Waals surface area contributed by atoms with Crippen molar-refractivity contribution in [3.8, 4) is 11.4 Å². The third kappa shape index (κ3) is 3.75. The van der Waals surface area contributed by atoms with E-state index in [1.165, 1.54) is 5.56 Å². The van der Waals surface area contributed by atoms with Gasteiger partial charge in [-0.05, 0) is 35.7 Å². The fourth-order valence-corrected chi connectivity index (χ4v) is 3.26. The second kappa shape index (κ2) is 7.46. The van der Waals surface area contributed by atoms with E-state index in [0.29, 0.717) is 6.42 Å². The molecule has 4 nitrogen and oxygen atoms in total. The van der Waals surface area contributed by atoms with Crippen LogP contribution in [0.1, 0.15) is 24.8 Å². The van der Waals surface area contributed by atoms with Crippen molar-refractivity contribution in [1.29, 1.82) is 0 Å². The molecule has 134 valence electrons. The predicted octanol–water partition coefficient (Wildman–Crippen LogP) is 5.36. The molecule has 4 rings (SSSR count). The maximum atomic E-state index is 12.6. The predicted molar refractivity (Wildman–Crippen MR) is 110 cm³/mol. The van der Waals surface area contributed by atoms with Crippen LogP contribution < -0.4 is 5.32 Å². The summed E-state index contributed by atoms with van der Waals surface area (Å²) in [6.45, 7) is 2.07. The number of benzene rings is 3. The molecule has 3 aromatic carbocycles. The van der Waals surface area contributed by atoms with Crippen LogP contribution in [0, 0.1) is 0 Å². The van der Waals surface area contributed by atoms with Crippen molar-refractivity contribution in [2.45, 2.75) is 19.3 Å². The molecular weight excluding hydrogens is 334 g/mol. The lowest BCUT2D eigenvalue weighted by Gasteiger charge is -2.13. The normalized spacial score (nSPS) is 12.0. The molecule has 1 unspecified atom stereocenters. The van der Waals surface area contributed by atoms with Crippen LogP contribution >= 0.6 is 0 Å². The van der Waals surface area contributed by atoms with Gasteiger partial charge in [0.05, 0.1) is 16.7 Å². The summed E-state index contributed by atoms with van der Waals surface area (Å²) in [6, 6.07) is 25.7. The Morgan fingerprint density at radius 2 is 1.67 bits per heavy atom. The molecule has 1 aromatic heterocycles. The molecule has 1 amide bonds. The van der Waals surface area contributed by atoms with Crippen LogP contribution in [0.3, 0.4) is 0 Å². The number of rotatable bonds is 5. The lowest BCUT2D eigenvalue weighted by Crippen LogP contribution is -2.15. The van der Waals surface area contributed by atoms with Gasteiger partial charge in [-0.1, -0.05) is 61.5 Å². The van der Waals surface area contributed by atoms with Crippen LogP contribution in [0.5, 0.6) is 0 Å². The Bertz CT molecular complexity index is 1040. The van der Waals surface area contributed by atoms with Crippen LogP contribution in [-0.4, -0.2) is 15.9 Å². The van der Waals surface area contributed by atoms with E-state index in [-0.39, 0.29) is 11.8 Å². The van der Waals surface area contributed by atoms with Gasteiger partial charge in [-0.3, -0.25) is 4.79 Å². The number of nitrogens with zero attached hydrogens (tertiary/aromatic N) is 1. The highest BCUT2D eigenvalue weighted by atomic mass is 16.1. The fraction of sp³-hybridized carbons (Fsp3) is 0.130. The first-order chi connectivity index (χ1) is 13.2. The third-order valence-corrected chi connectivity index (χ3v) is 4.71. The molecule has 27 heavy (non-hydrogen) atoms. The van der Waals surface area contributed by atoms with Gasteiger partial charge in [0, 0.05) is 12.0 Å². The lowest BCUT2D eigenvalue weighted by molar-refractivity contribution is -0.116. The van der Waals surface area contributed by atoms with Gasteiger partial charge in [-0.25, -0.2) is 4.98 Å². The van der Waals surface area contributed by atoms with Crippen LogP contribution in [0.25, 0.3) is 22.4 Å². The van der Waals surface area contributed by atoms with Crippen molar-refractivity contribution in [3.05, 3.63) is 84.4 Å². The van der Waals surface area contributed by atoms with Crippen molar-refractivity contribution < 1.29 is 4.79 Å². The summed E-state index contributed by atoms with van der Waals surface area (Å²) in [5, 5.41) is 3.06. The monoisotopic (exact) mass is 355 g/mol. The van der Waals surface area contributed by atoms with E-state index in [9.17, 15) is 4.79 Å². The Balaban J connectivity index is 1.55. The Morgan fingerprint density at radius 3 is 2.48 bits per heavy atom. The first kappa shape index (κ1) is 17.0. The summed E-state index contributed by atoms with van der Waals surface area (Å²) in [4.78, 5) is 20.6. The maximum absolute atomic E-state index is 12.6. The van der Waals surface area contributed by atoms with E-state index in [2.05, 4.69) is 34.3 Å². The van der Waals surface area contributed by atoms with Crippen molar-refractivity contribution in [1.82, 2.24) is 9.97 Å². The number of fused-ring (bicyclic) bond motifs is 1. The van der Waals surface area contributed by atoms with Gasteiger partial charge in [-0.2, -0.15) is 0 Å². The van der Waals surface area contributed by atoms with Crippen LogP contribution in [0.4, 0.5) is 5.69 Å². The topological polar surface area (TPSA) is 57.8 Å². The van der Waals surface area contributed by atoms with E-state index in [4.69, 9.17) is 0 Å². The summed E-state index contributed by atoms with van der Waals surface area (Å²) in [5.41, 5.74) is 4.70. The molecule has 0 aliphatic heterocycles. The van der Waals surface area contributed by atoms with Gasteiger partial charge in [0.1, 0.15) is 5.82 Å². The minimum atomic E-state index is -0.00471. The number of aromatic nitrogens is 2. The molecule has 0 aliphatic carbocycles. The van der Waals surface area contributed by atoms with Gasteiger partial charge < -0.3 is 10.3 Å². The number of carbonyl (C=O) groups is 1. The average Bonchev–Trinajstić information content (AvgIpc) is 3.13. The average molecular weight is 355 g/mol. The van der Waals surface area contributed by atoms with Gasteiger partial charge in [0.15, 0.2) is 0 Å². The minimum Gasteiger partial charge on any atom is -0.338 e. The number of imidazole rings is 1. The number of aromatic amines is 1. The molecule has 0 saturated heterocycles. The van der Waals surface area contributed by atoms with Crippen LogP contribution in [0.15, 0.2) is 78.9 Å². The van der Waals surface area contributed by atoms with Crippen molar-refractivity contribution in [2.75, 3.05) is 5.32 Å². The Kier molecular flexibility index (Phi) is 4.71. The first-order valence-corrected chi connectivity index (χ1v) is 9.09. The standard InChI is InChI=1S/C23H21N3O/c1-16(17-9-3-2-4-10-17)15-22(27)24-19-12-6-5-11-18(19)23-25-20-13-7-8-14-21(20)26-23/h2-14,16H,15H2,1H3,(H,24,27)(H,25,26). The number of hydrogen-bond donors (Lipinski definition) is 2. The van der Waals surface area contributed by atoms with Crippen LogP contribution in [-0.2, 0) is 4.79 Å². The van der Waals surface area contributed by atoms with Crippen LogP contribution in [0.2, 0.25) is 0 Å². The van der Waals surface area contributed by atoms with E-state index in [0.717, 1.165) is 28.1 Å². The SMILES string of the molecule is CC(CC(=O)Nc1ccccc1-c1nc2ccccc2[nH]1)c1ccccc1. The molecule has 0 radical (unpaired) electrons. The van der Waals surface area contributed by atoms with Gasteiger partial charge in [0.2, 0.25) is 5.91 Å². The Hall–Kier alpha value is -3.40. The number of H-pyrrole nitrogens is 1.